The monoisotopic (exact) mass is 295 g/mol. The lowest BCUT2D eigenvalue weighted by molar-refractivity contribution is 0.145. The maximum Gasteiger partial charge on any atom is 0.281 e. The minimum Gasteiger partial charge on any atom is -0.383 e. The van der Waals surface area contributed by atoms with E-state index in [0.29, 0.717) is 0 Å². The molecule has 0 fully saturated rings. The zero-order chi connectivity index (χ0) is 10.0. The predicted octanol–water partition coefficient (Wildman–Crippen LogP) is 2.08. The summed E-state index contributed by atoms with van der Waals surface area (Å²) in [5, 5.41) is 8.51. The number of halogens is 3. The minimum absolute atomic E-state index is 0.119. The maximum atomic E-state index is 12.2. The molecule has 1 aromatic heterocycles. The van der Waals surface area contributed by atoms with Crippen LogP contribution in [-0.4, -0.2) is 4.98 Å². The van der Waals surface area contributed by atoms with E-state index in [4.69, 9.17) is 11.0 Å². The lowest BCUT2D eigenvalue weighted by Gasteiger charge is -2.04. The number of anilines is 1. The van der Waals surface area contributed by atoms with E-state index in [1.54, 1.807) is 28.7 Å². The number of nitriles is 1. The van der Waals surface area contributed by atoms with Gasteiger partial charge in [0, 0.05) is 3.57 Å². The highest BCUT2D eigenvalue weighted by atomic mass is 127. The molecule has 0 amide bonds. The molecule has 0 bridgehead atoms. The van der Waals surface area contributed by atoms with Crippen LogP contribution in [0.2, 0.25) is 0 Å². The smallest absolute Gasteiger partial charge is 0.281 e. The van der Waals surface area contributed by atoms with Gasteiger partial charge in [-0.2, -0.15) is 5.26 Å². The molecule has 0 atom stereocenters. The van der Waals surface area contributed by atoms with Crippen LogP contribution >= 0.6 is 22.6 Å². The van der Waals surface area contributed by atoms with E-state index in [1.165, 1.54) is 6.07 Å². The molecule has 0 radical (unpaired) electrons. The van der Waals surface area contributed by atoms with Crippen LogP contribution in [-0.2, 0) is 0 Å². The second-order valence-corrected chi connectivity index (χ2v) is 3.36. The SMILES string of the molecule is N#Cc1cc(I)c(C(F)F)nc1N. The first-order valence-corrected chi connectivity index (χ1v) is 4.28. The molecule has 1 heterocycles. The number of hydrogen-bond acceptors (Lipinski definition) is 3. The van der Waals surface area contributed by atoms with Gasteiger partial charge in [-0.1, -0.05) is 0 Å². The summed E-state index contributed by atoms with van der Waals surface area (Å²) in [5.41, 5.74) is 5.01. The van der Waals surface area contributed by atoms with Gasteiger partial charge < -0.3 is 5.73 Å². The van der Waals surface area contributed by atoms with Gasteiger partial charge in [0.05, 0.1) is 5.56 Å². The highest BCUT2D eigenvalue weighted by Gasteiger charge is 2.15. The van der Waals surface area contributed by atoms with E-state index in [-0.39, 0.29) is 20.6 Å². The van der Waals surface area contributed by atoms with Crippen LogP contribution < -0.4 is 5.73 Å². The Bertz CT molecular complexity index is 373. The summed E-state index contributed by atoms with van der Waals surface area (Å²) in [6.45, 7) is 0. The van der Waals surface area contributed by atoms with Gasteiger partial charge in [-0.25, -0.2) is 13.8 Å². The summed E-state index contributed by atoms with van der Waals surface area (Å²) < 4.78 is 24.7. The number of aromatic nitrogens is 1. The molecular weight excluding hydrogens is 291 g/mol. The topological polar surface area (TPSA) is 62.7 Å². The normalized spacial score (nSPS) is 10.1. The van der Waals surface area contributed by atoms with Gasteiger partial charge in [0.25, 0.3) is 6.43 Å². The van der Waals surface area contributed by atoms with Crippen LogP contribution in [0.3, 0.4) is 0 Å². The molecule has 0 saturated heterocycles. The van der Waals surface area contributed by atoms with E-state index >= 15 is 0 Å². The first kappa shape index (κ1) is 10.1. The number of rotatable bonds is 1. The second-order valence-electron chi connectivity index (χ2n) is 2.20. The van der Waals surface area contributed by atoms with Crippen molar-refractivity contribution < 1.29 is 8.78 Å². The van der Waals surface area contributed by atoms with Crippen LogP contribution in [0.1, 0.15) is 17.7 Å². The first-order chi connectivity index (χ1) is 6.06. The van der Waals surface area contributed by atoms with E-state index < -0.39 is 6.43 Å². The summed E-state index contributed by atoms with van der Waals surface area (Å²) in [5.74, 6) is -0.154. The molecular formula is C7H4F2IN3. The lowest BCUT2D eigenvalue weighted by atomic mass is 10.2. The Morgan fingerprint density at radius 1 is 1.62 bits per heavy atom. The van der Waals surface area contributed by atoms with Gasteiger partial charge in [0.1, 0.15) is 17.6 Å². The molecule has 0 aromatic carbocycles. The number of hydrogen-bond donors (Lipinski definition) is 1. The third-order valence-electron chi connectivity index (χ3n) is 1.36. The van der Waals surface area contributed by atoms with E-state index in [1.807, 2.05) is 0 Å². The Morgan fingerprint density at radius 2 is 2.23 bits per heavy atom. The molecule has 2 N–H and O–H groups in total. The van der Waals surface area contributed by atoms with E-state index in [9.17, 15) is 8.78 Å². The summed E-state index contributed by atoms with van der Waals surface area (Å²) in [6.07, 6.45) is -2.66. The third-order valence-corrected chi connectivity index (χ3v) is 2.22. The molecule has 68 valence electrons. The number of alkyl halides is 2. The molecule has 0 aliphatic carbocycles. The zero-order valence-corrected chi connectivity index (χ0v) is 8.42. The Hall–Kier alpha value is -0.970. The Labute approximate surface area is 86.7 Å². The molecule has 6 heteroatoms. The standard InChI is InChI=1S/C7H4F2IN3/c8-6(9)5-4(10)1-3(2-11)7(12)13-5/h1,6H,(H2,12,13). The lowest BCUT2D eigenvalue weighted by Crippen LogP contribution is -2.02. The molecule has 0 unspecified atom stereocenters. The van der Waals surface area contributed by atoms with Crippen molar-refractivity contribution in [3.63, 3.8) is 0 Å². The Balaban J connectivity index is 3.31. The van der Waals surface area contributed by atoms with Crippen molar-refractivity contribution in [2.75, 3.05) is 5.73 Å². The molecule has 0 aliphatic rings. The van der Waals surface area contributed by atoms with E-state index in [2.05, 4.69) is 4.98 Å². The van der Waals surface area contributed by atoms with Crippen LogP contribution in [0.5, 0.6) is 0 Å². The number of nitrogens with two attached hydrogens (primary N) is 1. The summed E-state index contributed by atoms with van der Waals surface area (Å²) in [6, 6.07) is 3.06. The molecule has 0 spiro atoms. The van der Waals surface area contributed by atoms with Gasteiger partial charge in [-0.05, 0) is 28.7 Å². The molecule has 1 aromatic rings. The van der Waals surface area contributed by atoms with Gasteiger partial charge in [0.2, 0.25) is 0 Å². The van der Waals surface area contributed by atoms with Crippen molar-refractivity contribution in [2.24, 2.45) is 0 Å². The molecule has 0 saturated carbocycles. The highest BCUT2D eigenvalue weighted by molar-refractivity contribution is 14.1. The first-order valence-electron chi connectivity index (χ1n) is 3.20. The van der Waals surface area contributed by atoms with Crippen molar-refractivity contribution in [3.8, 4) is 6.07 Å². The third kappa shape index (κ3) is 2.03. The molecule has 13 heavy (non-hydrogen) atoms. The summed E-state index contributed by atoms with van der Waals surface area (Å²) in [4.78, 5) is 3.44. The number of nitrogens with zero attached hydrogens (tertiary/aromatic N) is 2. The van der Waals surface area contributed by atoms with Gasteiger partial charge in [-0.3, -0.25) is 0 Å². The average Bonchev–Trinajstić information content (AvgIpc) is 2.07. The summed E-state index contributed by atoms with van der Waals surface area (Å²) >= 11 is 1.69. The Morgan fingerprint density at radius 3 is 2.69 bits per heavy atom. The van der Waals surface area contributed by atoms with E-state index in [0.717, 1.165) is 0 Å². The fourth-order valence-electron chi connectivity index (χ4n) is 0.761. The van der Waals surface area contributed by atoms with Gasteiger partial charge in [0.15, 0.2) is 0 Å². The van der Waals surface area contributed by atoms with Crippen molar-refractivity contribution in [2.45, 2.75) is 6.43 Å². The fourth-order valence-corrected chi connectivity index (χ4v) is 1.43. The predicted molar refractivity (Wildman–Crippen MR) is 51.0 cm³/mol. The van der Waals surface area contributed by atoms with Gasteiger partial charge >= 0.3 is 0 Å². The van der Waals surface area contributed by atoms with Crippen LogP contribution in [0.25, 0.3) is 0 Å². The van der Waals surface area contributed by atoms with Gasteiger partial charge in [-0.15, -0.1) is 0 Å². The minimum atomic E-state index is -2.66. The zero-order valence-electron chi connectivity index (χ0n) is 6.26. The van der Waals surface area contributed by atoms with Crippen LogP contribution in [0.4, 0.5) is 14.6 Å². The van der Waals surface area contributed by atoms with Crippen LogP contribution in [0.15, 0.2) is 6.07 Å². The second kappa shape index (κ2) is 3.83. The van der Waals surface area contributed by atoms with Crippen molar-refractivity contribution in [1.29, 1.82) is 5.26 Å². The van der Waals surface area contributed by atoms with Crippen molar-refractivity contribution in [3.05, 3.63) is 20.9 Å². The van der Waals surface area contributed by atoms with Crippen LogP contribution in [0, 0.1) is 14.9 Å². The Kier molecular flexibility index (Phi) is 2.98. The molecule has 1 rings (SSSR count). The quantitative estimate of drug-likeness (QED) is 0.807. The summed E-state index contributed by atoms with van der Waals surface area (Å²) in [7, 11) is 0. The highest BCUT2D eigenvalue weighted by Crippen LogP contribution is 2.25. The molecule has 0 aliphatic heterocycles. The van der Waals surface area contributed by atoms with Crippen molar-refractivity contribution in [1.82, 2.24) is 4.98 Å². The van der Waals surface area contributed by atoms with Crippen molar-refractivity contribution >= 4 is 28.4 Å². The molecule has 3 nitrogen and oxygen atoms in total. The fraction of sp³-hybridized carbons (Fsp3) is 0.143. The largest absolute Gasteiger partial charge is 0.383 e. The number of pyridine rings is 1. The maximum absolute atomic E-state index is 12.2. The average molecular weight is 295 g/mol. The number of nitrogen functional groups attached to an aromatic ring is 1.